The van der Waals surface area contributed by atoms with Gasteiger partial charge in [-0.3, -0.25) is 38.4 Å². The molecule has 644 valence electrons. The molecule has 0 bridgehead atoms. The fraction of sp³-hybridized carbons (Fsp3) is 0.850. The highest BCUT2D eigenvalue weighted by Crippen LogP contribution is 2.38. The summed E-state index contributed by atoms with van der Waals surface area (Å²) in [6, 6.07) is 0.306. The molecule has 3 fully saturated rings. The van der Waals surface area contributed by atoms with Gasteiger partial charge in [-0.1, -0.05) is 181 Å². The van der Waals surface area contributed by atoms with Crippen LogP contribution >= 0.6 is 0 Å². The highest BCUT2D eigenvalue weighted by Gasteiger charge is 2.47. The predicted molar refractivity (Wildman–Crippen MR) is 412 cm³/mol. The van der Waals surface area contributed by atoms with Gasteiger partial charge in [0.15, 0.2) is 12.2 Å². The minimum absolute atomic E-state index is 0.00724. The summed E-state index contributed by atoms with van der Waals surface area (Å²) in [7, 11) is -3.19. The molecule has 3 aliphatic rings. The number of carbonyl (C=O) groups is 12. The number of rotatable bonds is 62. The Labute approximate surface area is 665 Å². The number of esters is 8. The molecule has 32 heteroatoms. The highest BCUT2D eigenvalue weighted by atomic mass is 28.4. The second kappa shape index (κ2) is 59.6. The van der Waals surface area contributed by atoms with Crippen molar-refractivity contribution in [1.82, 2.24) is 5.32 Å². The molecule has 3 aliphatic carbocycles. The molecule has 7 N–H and O–H groups in total. The number of hydrogen-bond donors (Lipinski definition) is 4. The normalized spacial score (nSPS) is 19.0. The number of carbonyl (C=O) groups excluding carboxylic acids is 12. The van der Waals surface area contributed by atoms with Crippen molar-refractivity contribution in [3.8, 4) is 0 Å². The number of ether oxygens (including phenoxy) is 12. The molecule has 0 aliphatic heterocycles. The molecule has 3 saturated carbocycles. The van der Waals surface area contributed by atoms with E-state index in [0.29, 0.717) is 96.5 Å². The fourth-order valence-corrected chi connectivity index (χ4v) is 16.9. The standard InChI is InChI=1S/C80H138N4O27Si/c1-7-13-16-19-22-25-26-29-39-59(50-99-76(81)93)109-73(90)65-43-35-32-40-62(65)70(87)102-55-80(58-105-79(96)84-48-38-49-112(106-10-4,107-11-5)108-12-6,56-103-71(88)63-41-33-36-44-66(63)74(91)110-60(53-100-77(82)94)51-97-68(85)46-30-27-23-20-17-14-8-2)57-104-72(89)64-42-34-37-45-67(64)75(92)111-61(54-101-78(83)95)52-98-69(86)47-31-28-24-21-18-15-9-3/h59-67H,7-58H2,1-6H3,(H2,81,93)(H2,82,94)(H2,83,95)(H,84,96). The molecule has 3 rings (SSSR count). The second-order valence-electron chi connectivity index (χ2n) is 29.8. The van der Waals surface area contributed by atoms with E-state index in [4.69, 9.17) is 87.3 Å². The molecule has 0 heterocycles. The lowest BCUT2D eigenvalue weighted by atomic mass is 9.79. The lowest BCUT2D eigenvalue weighted by molar-refractivity contribution is -0.181. The summed E-state index contributed by atoms with van der Waals surface area (Å²) >= 11 is 0. The zero-order chi connectivity index (χ0) is 82.2. The van der Waals surface area contributed by atoms with Gasteiger partial charge in [0.1, 0.15) is 71.0 Å². The molecular formula is C80H138N4O27Si. The summed E-state index contributed by atoms with van der Waals surface area (Å²) in [4.78, 5) is 163. The maximum Gasteiger partial charge on any atom is 0.500 e. The third-order valence-corrected chi connectivity index (χ3v) is 23.7. The smallest absolute Gasteiger partial charge is 0.464 e. The van der Waals surface area contributed by atoms with Crippen molar-refractivity contribution >= 4 is 80.9 Å². The first kappa shape index (κ1) is 99.1. The van der Waals surface area contributed by atoms with Crippen molar-refractivity contribution in [2.75, 3.05) is 85.8 Å². The van der Waals surface area contributed by atoms with Gasteiger partial charge in [0.2, 0.25) is 0 Å². The molecule has 0 aromatic heterocycles. The highest BCUT2D eigenvalue weighted by molar-refractivity contribution is 6.60. The SMILES string of the molecule is CCCCCCCCCCC(COC(N)=O)OC(=O)C1CCCCC1C(=O)OCC(COC(=O)NCCC[Si](OCC)(OCC)OCC)(COC(=O)C1CCCCC1C(=O)OC(COC(N)=O)COC(=O)CCCCCCCCC)COC(=O)C1CCCCC1C(=O)OC(COC(N)=O)COC(=O)CCCCCCCCC. The van der Waals surface area contributed by atoms with Crippen LogP contribution in [0.25, 0.3) is 0 Å². The van der Waals surface area contributed by atoms with E-state index >= 15 is 0 Å². The van der Waals surface area contributed by atoms with Crippen molar-refractivity contribution in [2.24, 2.45) is 58.1 Å². The summed E-state index contributed by atoms with van der Waals surface area (Å²) in [5.41, 5.74) is 14.0. The van der Waals surface area contributed by atoms with Crippen LogP contribution in [0, 0.1) is 40.9 Å². The van der Waals surface area contributed by atoms with Crippen LogP contribution in [-0.4, -0.2) is 185 Å². The van der Waals surface area contributed by atoms with Crippen molar-refractivity contribution < 1.29 is 128 Å². The van der Waals surface area contributed by atoms with Crippen molar-refractivity contribution in [3.05, 3.63) is 0 Å². The molecule has 0 saturated heterocycles. The third-order valence-electron chi connectivity index (χ3n) is 20.5. The number of nitrogens with one attached hydrogen (secondary N) is 1. The number of nitrogens with two attached hydrogens (primary N) is 3. The molecule has 0 radical (unpaired) electrons. The average molecular weight is 1620 g/mol. The Morgan fingerprint density at radius 2 is 0.625 bits per heavy atom. The zero-order valence-corrected chi connectivity index (χ0v) is 69.2. The van der Waals surface area contributed by atoms with Crippen molar-refractivity contribution in [3.63, 3.8) is 0 Å². The van der Waals surface area contributed by atoms with Crippen molar-refractivity contribution in [1.29, 1.82) is 0 Å². The predicted octanol–water partition coefficient (Wildman–Crippen LogP) is 13.1. The quantitative estimate of drug-likeness (QED) is 0.0190. The fourth-order valence-electron chi connectivity index (χ4n) is 14.3. The number of amides is 4. The van der Waals surface area contributed by atoms with Crippen LogP contribution in [0.4, 0.5) is 19.2 Å². The van der Waals surface area contributed by atoms with Gasteiger partial charge in [0, 0.05) is 45.3 Å². The number of unbranched alkanes of at least 4 members (excludes halogenated alkanes) is 19. The molecule has 112 heavy (non-hydrogen) atoms. The first-order valence-corrected chi connectivity index (χ1v) is 43.9. The molecule has 4 amide bonds. The molecule has 0 aromatic carbocycles. The lowest BCUT2D eigenvalue weighted by Gasteiger charge is -2.36. The van der Waals surface area contributed by atoms with Gasteiger partial charge in [0.05, 0.1) is 35.5 Å². The lowest BCUT2D eigenvalue weighted by Crippen LogP contribution is -2.48. The second-order valence-corrected chi connectivity index (χ2v) is 32.6. The van der Waals surface area contributed by atoms with E-state index in [9.17, 15) is 57.5 Å². The van der Waals surface area contributed by atoms with Gasteiger partial charge >= 0.3 is 80.9 Å². The maximum absolute atomic E-state index is 14.9. The maximum atomic E-state index is 14.9. The Bertz CT molecular complexity index is 2620. The first-order valence-electron chi connectivity index (χ1n) is 42.0. The molecule has 0 spiro atoms. The van der Waals surface area contributed by atoms with E-state index < -0.39 is 193 Å². The van der Waals surface area contributed by atoms with Gasteiger partial charge in [-0.15, -0.1) is 0 Å². The van der Waals surface area contributed by atoms with E-state index in [1.807, 2.05) is 20.8 Å². The average Bonchev–Trinajstić information content (AvgIpc) is 0.823. The van der Waals surface area contributed by atoms with Crippen LogP contribution < -0.4 is 22.5 Å². The number of hydrogen-bond acceptors (Lipinski definition) is 27. The summed E-state index contributed by atoms with van der Waals surface area (Å²) in [6.45, 7) is 6.97. The Balaban J connectivity index is 2.11. The molecule has 9 atom stereocenters. The Morgan fingerprint density at radius 3 is 0.955 bits per heavy atom. The molecule has 0 aromatic rings. The summed E-state index contributed by atoms with van der Waals surface area (Å²) in [5.74, 6) is -13.5. The monoisotopic (exact) mass is 1610 g/mol. The van der Waals surface area contributed by atoms with Gasteiger partial charge in [-0.05, 0) is 91.4 Å². The van der Waals surface area contributed by atoms with E-state index in [0.717, 1.165) is 122 Å². The van der Waals surface area contributed by atoms with E-state index in [1.54, 1.807) is 0 Å². The zero-order valence-electron chi connectivity index (χ0n) is 68.2. The summed E-state index contributed by atoms with van der Waals surface area (Å²) in [6.07, 6.45) is 17.8. The topological polar surface area (TPSA) is 433 Å². The first-order chi connectivity index (χ1) is 54.0. The molecule has 9 unspecified atom stereocenters. The molecule has 31 nitrogen and oxygen atoms in total. The minimum atomic E-state index is -3.19. The Hall–Kier alpha value is -7.06. The van der Waals surface area contributed by atoms with Gasteiger partial charge in [-0.25, -0.2) is 19.2 Å². The van der Waals surface area contributed by atoms with Gasteiger partial charge in [0.25, 0.3) is 0 Å². The summed E-state index contributed by atoms with van der Waals surface area (Å²) in [5, 5.41) is 2.70. The largest absolute Gasteiger partial charge is 0.500 e. The summed E-state index contributed by atoms with van der Waals surface area (Å²) < 4.78 is 86.4. The minimum Gasteiger partial charge on any atom is -0.464 e. The van der Waals surface area contributed by atoms with Crippen LogP contribution in [0.3, 0.4) is 0 Å². The van der Waals surface area contributed by atoms with Crippen LogP contribution in [0.5, 0.6) is 0 Å². The van der Waals surface area contributed by atoms with Crippen molar-refractivity contribution in [2.45, 2.75) is 310 Å². The van der Waals surface area contributed by atoms with Gasteiger partial charge < -0.3 is 92.6 Å². The Kier molecular flexibility index (Phi) is 52.8. The van der Waals surface area contributed by atoms with Crippen LogP contribution in [0.2, 0.25) is 6.04 Å². The number of primary amides is 3. The van der Waals surface area contributed by atoms with Gasteiger partial charge in [-0.2, -0.15) is 0 Å². The Morgan fingerprint density at radius 1 is 0.339 bits per heavy atom. The van der Waals surface area contributed by atoms with E-state index in [1.165, 1.54) is 0 Å². The van der Waals surface area contributed by atoms with E-state index in [-0.39, 0.29) is 64.5 Å². The van der Waals surface area contributed by atoms with Crippen LogP contribution in [0.15, 0.2) is 0 Å². The van der Waals surface area contributed by atoms with Crippen LogP contribution in [-0.2, 0) is 108 Å². The van der Waals surface area contributed by atoms with Crippen LogP contribution in [0.1, 0.15) is 286 Å². The van der Waals surface area contributed by atoms with E-state index in [2.05, 4.69) is 26.1 Å². The number of alkyl carbamates (subject to hydrolysis) is 1. The third kappa shape index (κ3) is 42.3. The molecular weight excluding hydrogens is 1480 g/mol.